The quantitative estimate of drug-likeness (QED) is 0.482. The first-order chi connectivity index (χ1) is 11.3. The minimum atomic E-state index is -3.15. The van der Waals surface area contributed by atoms with Crippen molar-refractivity contribution in [1.82, 2.24) is 0 Å². The van der Waals surface area contributed by atoms with E-state index in [0.717, 1.165) is 53.4 Å². The van der Waals surface area contributed by atoms with E-state index < -0.39 is 8.87 Å². The van der Waals surface area contributed by atoms with E-state index in [1.54, 1.807) is 0 Å². The molecule has 1 aromatic carbocycles. The molecule has 1 heterocycles. The minimum Gasteiger partial charge on any atom is -0.363 e. The van der Waals surface area contributed by atoms with Crippen molar-refractivity contribution in [2.45, 2.75) is 52.5 Å². The van der Waals surface area contributed by atoms with Crippen molar-refractivity contribution in [3.05, 3.63) is 35.9 Å². The Morgan fingerprint density at radius 1 is 1.12 bits per heavy atom. The first kappa shape index (κ1) is 19.4. The molecule has 0 bridgehead atoms. The van der Waals surface area contributed by atoms with Gasteiger partial charge in [-0.3, -0.25) is 0 Å². The number of hydrogen-bond acceptors (Lipinski definition) is 4. The summed E-state index contributed by atoms with van der Waals surface area (Å²) in [6.07, 6.45) is 5.29. The van der Waals surface area contributed by atoms with Gasteiger partial charge in [-0.15, -0.1) is 0 Å². The van der Waals surface area contributed by atoms with Gasteiger partial charge >= 0.3 is 0 Å². The number of anilines is 1. The maximum Gasteiger partial charge on any atom is 0.205 e. The summed E-state index contributed by atoms with van der Waals surface area (Å²) in [6.45, 7) is 9.45. The van der Waals surface area contributed by atoms with Gasteiger partial charge in [0.05, 0.1) is 11.3 Å². The lowest BCUT2D eigenvalue weighted by molar-refractivity contribution is 0.566. The molecular formula is C19H29NO2S2. The van der Waals surface area contributed by atoms with Crippen molar-refractivity contribution in [2.75, 3.05) is 23.0 Å². The summed E-state index contributed by atoms with van der Waals surface area (Å²) in [4.78, 5) is 2.33. The predicted molar refractivity (Wildman–Crippen MR) is 107 cm³/mol. The third-order valence-electron chi connectivity index (χ3n) is 4.42. The van der Waals surface area contributed by atoms with Gasteiger partial charge in [-0.05, 0) is 49.6 Å². The fourth-order valence-electron chi connectivity index (χ4n) is 3.34. The van der Waals surface area contributed by atoms with Crippen LogP contribution in [0.4, 0.5) is 5.69 Å². The number of benzene rings is 1. The molecule has 0 aliphatic carbocycles. The van der Waals surface area contributed by atoms with Gasteiger partial charge in [-0.2, -0.15) is 0 Å². The van der Waals surface area contributed by atoms with Crippen LogP contribution < -0.4 is 4.90 Å². The SMILES string of the molecule is CCCCCSS(=O)(=O)CC1=CC(C)(C)N(CC)c2ccccc21. The van der Waals surface area contributed by atoms with Crippen LogP contribution in [0.2, 0.25) is 0 Å². The van der Waals surface area contributed by atoms with Gasteiger partial charge in [0.1, 0.15) is 0 Å². The van der Waals surface area contributed by atoms with Crippen LogP contribution in [-0.2, 0) is 8.87 Å². The molecule has 0 saturated heterocycles. The van der Waals surface area contributed by atoms with Gasteiger partial charge in [0, 0.05) is 23.5 Å². The molecule has 0 aromatic heterocycles. The van der Waals surface area contributed by atoms with Gasteiger partial charge in [0.15, 0.2) is 0 Å². The molecule has 0 fully saturated rings. The highest BCUT2D eigenvalue weighted by Gasteiger charge is 2.32. The number of likely N-dealkylation sites (N-methyl/N-ethyl adjacent to an activating group) is 1. The Morgan fingerprint density at radius 2 is 1.83 bits per heavy atom. The fourth-order valence-corrected chi connectivity index (χ4v) is 6.37. The van der Waals surface area contributed by atoms with E-state index >= 15 is 0 Å². The normalized spacial score (nSPS) is 16.7. The summed E-state index contributed by atoms with van der Waals surface area (Å²) in [7, 11) is -2.04. The van der Waals surface area contributed by atoms with E-state index in [1.807, 2.05) is 18.2 Å². The standard InChI is InChI=1S/C19H29NO2S2/c1-5-7-10-13-23-24(21,22)15-16-14-19(3,4)20(6-2)18-12-9-8-11-17(16)18/h8-9,11-12,14H,5-7,10,13,15H2,1-4H3. The smallest absolute Gasteiger partial charge is 0.205 e. The Bertz CT molecular complexity index is 693. The van der Waals surface area contributed by atoms with E-state index in [1.165, 1.54) is 0 Å². The van der Waals surface area contributed by atoms with Gasteiger partial charge in [-0.25, -0.2) is 8.42 Å². The molecule has 0 saturated carbocycles. The molecule has 5 heteroatoms. The molecule has 1 aliphatic rings. The summed E-state index contributed by atoms with van der Waals surface area (Å²) in [5.74, 6) is 0.803. The Hall–Kier alpha value is -0.940. The number of fused-ring (bicyclic) bond motifs is 1. The molecule has 134 valence electrons. The van der Waals surface area contributed by atoms with Gasteiger partial charge in [-0.1, -0.05) is 44.0 Å². The molecule has 0 N–H and O–H groups in total. The summed E-state index contributed by atoms with van der Waals surface area (Å²) >= 11 is 0. The zero-order valence-electron chi connectivity index (χ0n) is 15.2. The molecule has 0 radical (unpaired) electrons. The number of hydrogen-bond donors (Lipinski definition) is 0. The Labute approximate surface area is 150 Å². The van der Waals surface area contributed by atoms with Crippen LogP contribution in [0.15, 0.2) is 30.3 Å². The van der Waals surface area contributed by atoms with Gasteiger partial charge in [0.2, 0.25) is 8.87 Å². The topological polar surface area (TPSA) is 37.4 Å². The molecule has 0 unspecified atom stereocenters. The second-order valence-corrected chi connectivity index (χ2v) is 11.1. The summed E-state index contributed by atoms with van der Waals surface area (Å²) < 4.78 is 25.1. The van der Waals surface area contributed by atoms with E-state index in [-0.39, 0.29) is 11.3 Å². The summed E-state index contributed by atoms with van der Waals surface area (Å²) in [6, 6.07) is 8.14. The van der Waals surface area contributed by atoms with Crippen molar-refractivity contribution in [3.63, 3.8) is 0 Å². The number of nitrogens with zero attached hydrogens (tertiary/aromatic N) is 1. The van der Waals surface area contributed by atoms with Crippen LogP contribution in [-0.4, -0.2) is 32.0 Å². The lowest BCUT2D eigenvalue weighted by atomic mass is 9.89. The maximum atomic E-state index is 12.5. The summed E-state index contributed by atoms with van der Waals surface area (Å²) in [5.41, 5.74) is 2.94. The second kappa shape index (κ2) is 7.96. The van der Waals surface area contributed by atoms with Crippen molar-refractivity contribution in [1.29, 1.82) is 0 Å². The Balaban J connectivity index is 2.25. The molecule has 0 amide bonds. The average molecular weight is 368 g/mol. The third kappa shape index (κ3) is 4.57. The molecule has 1 aromatic rings. The number of para-hydroxylation sites is 1. The zero-order chi connectivity index (χ0) is 17.8. The number of unbranched alkanes of at least 4 members (excludes halogenated alkanes) is 2. The van der Waals surface area contributed by atoms with E-state index in [0.29, 0.717) is 5.75 Å². The van der Waals surface area contributed by atoms with Crippen LogP contribution in [0.1, 0.15) is 52.5 Å². The largest absolute Gasteiger partial charge is 0.363 e. The molecule has 1 aliphatic heterocycles. The monoisotopic (exact) mass is 367 g/mol. The third-order valence-corrected chi connectivity index (χ3v) is 7.83. The lowest BCUT2D eigenvalue weighted by Crippen LogP contribution is -2.45. The van der Waals surface area contributed by atoms with Crippen LogP contribution in [0.3, 0.4) is 0 Å². The average Bonchev–Trinajstić information content (AvgIpc) is 2.51. The molecule has 24 heavy (non-hydrogen) atoms. The Kier molecular flexibility index (Phi) is 6.43. The Morgan fingerprint density at radius 3 is 2.50 bits per heavy atom. The molecular weight excluding hydrogens is 338 g/mol. The second-order valence-electron chi connectivity index (χ2n) is 6.82. The van der Waals surface area contributed by atoms with E-state index in [9.17, 15) is 8.42 Å². The first-order valence-electron chi connectivity index (χ1n) is 8.76. The highest BCUT2D eigenvalue weighted by molar-refractivity contribution is 8.72. The molecule has 0 atom stereocenters. The highest BCUT2D eigenvalue weighted by Crippen LogP contribution is 2.40. The molecule has 2 rings (SSSR count). The zero-order valence-corrected chi connectivity index (χ0v) is 16.8. The molecule has 3 nitrogen and oxygen atoms in total. The van der Waals surface area contributed by atoms with Crippen molar-refractivity contribution in [3.8, 4) is 0 Å². The van der Waals surface area contributed by atoms with Crippen LogP contribution in [0, 0.1) is 0 Å². The maximum absolute atomic E-state index is 12.5. The van der Waals surface area contributed by atoms with E-state index in [2.05, 4.69) is 44.7 Å². The highest BCUT2D eigenvalue weighted by atomic mass is 33.1. The lowest BCUT2D eigenvalue weighted by Gasteiger charge is -2.43. The van der Waals surface area contributed by atoms with E-state index in [4.69, 9.17) is 0 Å². The molecule has 0 spiro atoms. The minimum absolute atomic E-state index is 0.113. The number of rotatable bonds is 8. The van der Waals surface area contributed by atoms with Crippen LogP contribution in [0.5, 0.6) is 0 Å². The van der Waals surface area contributed by atoms with Gasteiger partial charge < -0.3 is 4.90 Å². The first-order valence-corrected chi connectivity index (χ1v) is 11.9. The predicted octanol–water partition coefficient (Wildman–Crippen LogP) is 4.94. The summed E-state index contributed by atoms with van der Waals surface area (Å²) in [5, 5.41) is 0. The van der Waals surface area contributed by atoms with Crippen molar-refractivity contribution in [2.24, 2.45) is 0 Å². The fraction of sp³-hybridized carbons (Fsp3) is 0.579. The van der Waals surface area contributed by atoms with Crippen LogP contribution >= 0.6 is 10.8 Å². The van der Waals surface area contributed by atoms with Crippen molar-refractivity contribution < 1.29 is 8.42 Å². The van der Waals surface area contributed by atoms with Gasteiger partial charge in [0.25, 0.3) is 0 Å². The van der Waals surface area contributed by atoms with Crippen molar-refractivity contribution >= 4 is 30.9 Å². The van der Waals surface area contributed by atoms with Crippen LogP contribution in [0.25, 0.3) is 5.57 Å².